The zero-order valence-electron chi connectivity index (χ0n) is 16.7. The molecule has 10 heteroatoms. The van der Waals surface area contributed by atoms with Gasteiger partial charge in [0.05, 0.1) is 17.7 Å². The molecule has 2 heterocycles. The van der Waals surface area contributed by atoms with E-state index in [0.29, 0.717) is 36.4 Å². The molecule has 0 spiro atoms. The maximum Gasteiger partial charge on any atom is 0.191 e. The number of hydrogen-bond donors (Lipinski definition) is 2. The molecule has 29 heavy (non-hydrogen) atoms. The smallest absolute Gasteiger partial charge is 0.191 e. The van der Waals surface area contributed by atoms with Crippen LogP contribution in [0.3, 0.4) is 0 Å². The first-order valence-corrected chi connectivity index (χ1v) is 9.87. The lowest BCUT2D eigenvalue weighted by Gasteiger charge is -2.16. The highest BCUT2D eigenvalue weighted by molar-refractivity contribution is 14.0. The fourth-order valence-electron chi connectivity index (χ4n) is 2.82. The lowest BCUT2D eigenvalue weighted by Crippen LogP contribution is -2.42. The number of hydrogen-bond acceptors (Lipinski definition) is 5. The van der Waals surface area contributed by atoms with Gasteiger partial charge in [-0.05, 0) is 31.9 Å². The highest BCUT2D eigenvalue weighted by atomic mass is 127. The van der Waals surface area contributed by atoms with Gasteiger partial charge in [0, 0.05) is 20.2 Å². The fourth-order valence-corrected chi connectivity index (χ4v) is 3.01. The molecule has 1 aromatic carbocycles. The number of nitrogens with one attached hydrogen (secondary N) is 2. The Hall–Kier alpha value is -1.59. The van der Waals surface area contributed by atoms with E-state index < -0.39 is 0 Å². The predicted octanol–water partition coefficient (Wildman–Crippen LogP) is 2.69. The van der Waals surface area contributed by atoms with Crippen molar-refractivity contribution < 1.29 is 9.47 Å². The summed E-state index contributed by atoms with van der Waals surface area (Å²) in [6, 6.07) is 7.43. The number of halogens is 2. The van der Waals surface area contributed by atoms with Crippen molar-refractivity contribution in [3.05, 3.63) is 40.9 Å². The van der Waals surface area contributed by atoms with Crippen LogP contribution in [0.2, 0.25) is 5.02 Å². The molecule has 1 atom stereocenters. The second kappa shape index (κ2) is 12.2. The van der Waals surface area contributed by atoms with Gasteiger partial charge in [0.25, 0.3) is 0 Å². The molecule has 1 aromatic heterocycles. The summed E-state index contributed by atoms with van der Waals surface area (Å²) < 4.78 is 13.3. The monoisotopic (exact) mass is 534 g/mol. The highest BCUT2D eigenvalue weighted by Crippen LogP contribution is 2.22. The Morgan fingerprint density at radius 1 is 1.34 bits per heavy atom. The van der Waals surface area contributed by atoms with Gasteiger partial charge in [0.1, 0.15) is 24.7 Å². The topological polar surface area (TPSA) is 85.6 Å². The summed E-state index contributed by atoms with van der Waals surface area (Å²) in [5, 5.41) is 15.5. The van der Waals surface area contributed by atoms with E-state index in [2.05, 4.69) is 25.8 Å². The Morgan fingerprint density at radius 3 is 2.86 bits per heavy atom. The lowest BCUT2D eigenvalue weighted by molar-refractivity contribution is 0.113. The van der Waals surface area contributed by atoms with E-state index >= 15 is 0 Å². The van der Waals surface area contributed by atoms with Gasteiger partial charge in [-0.1, -0.05) is 23.7 Å². The van der Waals surface area contributed by atoms with Crippen LogP contribution in [0.4, 0.5) is 0 Å². The van der Waals surface area contributed by atoms with Crippen LogP contribution in [0, 0.1) is 6.92 Å². The van der Waals surface area contributed by atoms with Crippen molar-refractivity contribution in [2.75, 3.05) is 26.3 Å². The summed E-state index contributed by atoms with van der Waals surface area (Å²) in [6.45, 7) is 4.95. The third-order valence-corrected chi connectivity index (χ3v) is 4.88. The van der Waals surface area contributed by atoms with Crippen molar-refractivity contribution in [3.63, 3.8) is 0 Å². The Balaban J connectivity index is 0.00000300. The number of guanidine groups is 1. The van der Waals surface area contributed by atoms with Crippen LogP contribution in [0.25, 0.3) is 0 Å². The SMILES string of the molecule is Cc1nnc(CN=C(NCCOc2ccccc2Cl)NCC2CCCO2)n1C.I. The molecule has 1 aliphatic heterocycles. The average Bonchev–Trinajstić information content (AvgIpc) is 3.33. The van der Waals surface area contributed by atoms with E-state index in [4.69, 9.17) is 21.1 Å². The molecule has 0 saturated carbocycles. The molecule has 0 aliphatic carbocycles. The van der Waals surface area contributed by atoms with Crippen LogP contribution in [0.1, 0.15) is 24.5 Å². The van der Waals surface area contributed by atoms with Crippen molar-refractivity contribution in [1.82, 2.24) is 25.4 Å². The van der Waals surface area contributed by atoms with Gasteiger partial charge in [0.2, 0.25) is 0 Å². The highest BCUT2D eigenvalue weighted by Gasteiger charge is 2.15. The van der Waals surface area contributed by atoms with Crippen molar-refractivity contribution in [2.24, 2.45) is 12.0 Å². The van der Waals surface area contributed by atoms with Crippen LogP contribution in [-0.2, 0) is 18.3 Å². The molecule has 0 radical (unpaired) electrons. The molecule has 2 aromatic rings. The molecular formula is C19H28ClIN6O2. The van der Waals surface area contributed by atoms with Crippen LogP contribution in [0.5, 0.6) is 5.75 Å². The minimum absolute atomic E-state index is 0. The fraction of sp³-hybridized carbons (Fsp3) is 0.526. The third kappa shape index (κ3) is 7.31. The first-order chi connectivity index (χ1) is 13.6. The van der Waals surface area contributed by atoms with Gasteiger partial charge in [0.15, 0.2) is 11.8 Å². The van der Waals surface area contributed by atoms with E-state index in [0.717, 1.165) is 37.6 Å². The number of para-hydroxylation sites is 1. The van der Waals surface area contributed by atoms with Gasteiger partial charge in [-0.2, -0.15) is 0 Å². The summed E-state index contributed by atoms with van der Waals surface area (Å²) in [5.74, 6) is 3.04. The molecule has 0 amide bonds. The summed E-state index contributed by atoms with van der Waals surface area (Å²) in [7, 11) is 1.94. The van der Waals surface area contributed by atoms with E-state index in [1.807, 2.05) is 42.8 Å². The molecule has 2 N–H and O–H groups in total. The zero-order chi connectivity index (χ0) is 19.8. The van der Waals surface area contributed by atoms with E-state index in [9.17, 15) is 0 Å². The Morgan fingerprint density at radius 2 is 2.17 bits per heavy atom. The second-order valence-corrected chi connectivity index (χ2v) is 7.02. The molecule has 1 saturated heterocycles. The number of rotatable bonds is 8. The maximum absolute atomic E-state index is 6.11. The lowest BCUT2D eigenvalue weighted by atomic mass is 10.2. The molecule has 1 fully saturated rings. The maximum atomic E-state index is 6.11. The van der Waals surface area contributed by atoms with Crippen molar-refractivity contribution in [1.29, 1.82) is 0 Å². The second-order valence-electron chi connectivity index (χ2n) is 6.61. The minimum atomic E-state index is 0. The van der Waals surface area contributed by atoms with Gasteiger partial charge < -0.3 is 24.7 Å². The summed E-state index contributed by atoms with van der Waals surface area (Å²) in [5.41, 5.74) is 0. The molecule has 0 bridgehead atoms. The van der Waals surface area contributed by atoms with E-state index in [-0.39, 0.29) is 30.1 Å². The van der Waals surface area contributed by atoms with Gasteiger partial charge in [-0.15, -0.1) is 34.2 Å². The van der Waals surface area contributed by atoms with Crippen LogP contribution >= 0.6 is 35.6 Å². The van der Waals surface area contributed by atoms with Crippen LogP contribution < -0.4 is 15.4 Å². The van der Waals surface area contributed by atoms with Gasteiger partial charge in [-0.25, -0.2) is 4.99 Å². The van der Waals surface area contributed by atoms with Crippen molar-refractivity contribution in [3.8, 4) is 5.75 Å². The predicted molar refractivity (Wildman–Crippen MR) is 124 cm³/mol. The van der Waals surface area contributed by atoms with Crippen molar-refractivity contribution in [2.45, 2.75) is 32.4 Å². The molecule has 8 nitrogen and oxygen atoms in total. The average molecular weight is 535 g/mol. The summed E-state index contributed by atoms with van der Waals surface area (Å²) >= 11 is 6.11. The summed E-state index contributed by atoms with van der Waals surface area (Å²) in [6.07, 6.45) is 2.40. The normalized spacial score (nSPS) is 16.4. The Bertz CT molecular complexity index is 795. The molecule has 3 rings (SSSR count). The molecule has 160 valence electrons. The zero-order valence-corrected chi connectivity index (χ0v) is 19.8. The Labute approximate surface area is 193 Å². The van der Waals surface area contributed by atoms with Gasteiger partial charge in [-0.3, -0.25) is 0 Å². The quantitative estimate of drug-likeness (QED) is 0.234. The largest absolute Gasteiger partial charge is 0.490 e. The number of aryl methyl sites for hydroxylation is 1. The molecule has 1 unspecified atom stereocenters. The third-order valence-electron chi connectivity index (χ3n) is 4.57. The van der Waals surface area contributed by atoms with E-state index in [1.165, 1.54) is 0 Å². The minimum Gasteiger partial charge on any atom is -0.490 e. The Kier molecular flexibility index (Phi) is 9.95. The number of nitrogens with zero attached hydrogens (tertiary/aromatic N) is 4. The van der Waals surface area contributed by atoms with Crippen molar-refractivity contribution >= 4 is 41.5 Å². The number of benzene rings is 1. The number of aromatic nitrogens is 3. The number of aliphatic imine (C=N–C) groups is 1. The standard InChI is InChI=1S/C19H27ClN6O2.HI/c1-14-24-25-18(26(14)2)13-23-19(22-12-15-6-5-10-27-15)21-9-11-28-17-8-4-3-7-16(17)20;/h3-4,7-8,15H,5-6,9-13H2,1-2H3,(H2,21,22,23);1H. The molecule has 1 aliphatic rings. The first kappa shape index (κ1) is 23.7. The van der Waals surface area contributed by atoms with Crippen LogP contribution in [-0.4, -0.2) is 53.1 Å². The summed E-state index contributed by atoms with van der Waals surface area (Å²) in [4.78, 5) is 4.63. The van der Waals surface area contributed by atoms with E-state index in [1.54, 1.807) is 0 Å². The number of ether oxygens (including phenoxy) is 2. The van der Waals surface area contributed by atoms with Gasteiger partial charge >= 0.3 is 0 Å². The first-order valence-electron chi connectivity index (χ1n) is 9.49. The molecular weight excluding hydrogens is 507 g/mol. The van der Waals surface area contributed by atoms with Crippen LogP contribution in [0.15, 0.2) is 29.3 Å².